The summed E-state index contributed by atoms with van der Waals surface area (Å²) in [6.07, 6.45) is 2.48. The van der Waals surface area contributed by atoms with Gasteiger partial charge < -0.3 is 10.2 Å². The van der Waals surface area contributed by atoms with Crippen LogP contribution in [0.3, 0.4) is 0 Å². The zero-order valence-electron chi connectivity index (χ0n) is 14.8. The molecule has 0 heterocycles. The van der Waals surface area contributed by atoms with E-state index in [9.17, 15) is 10.2 Å². The maximum Gasteiger partial charge on any atom is 0.0631 e. The fourth-order valence-corrected chi connectivity index (χ4v) is 2.19. The Labute approximate surface area is 140 Å². The van der Waals surface area contributed by atoms with Gasteiger partial charge in [0, 0.05) is 6.42 Å². The van der Waals surface area contributed by atoms with E-state index < -0.39 is 11.2 Å². The van der Waals surface area contributed by atoms with E-state index in [4.69, 9.17) is 0 Å². The van der Waals surface area contributed by atoms with E-state index in [0.717, 1.165) is 12.8 Å². The molecule has 2 aromatic carbocycles. The van der Waals surface area contributed by atoms with E-state index in [2.05, 4.69) is 12.1 Å². The fraction of sp³-hybridized carbons (Fsp3) is 0.429. The standard InChI is InChI=1S/C11H16O.C10H14O/c1-11(2,12)9-8-10-6-4-3-5-7-10;1-10(2,11)8-9-6-4-3-5-7-9/h3-7,12H,8-9H2,1-2H3;3-7,11H,8H2,1-2H3. The molecule has 0 aliphatic carbocycles. The first-order chi connectivity index (χ1) is 10.7. The smallest absolute Gasteiger partial charge is 0.0631 e. The molecule has 2 aromatic rings. The molecule has 126 valence electrons. The largest absolute Gasteiger partial charge is 0.390 e. The maximum atomic E-state index is 9.48. The Kier molecular flexibility index (Phi) is 7.47. The Morgan fingerprint density at radius 2 is 1.09 bits per heavy atom. The Hall–Kier alpha value is -1.64. The van der Waals surface area contributed by atoms with Gasteiger partial charge in [-0.3, -0.25) is 0 Å². The van der Waals surface area contributed by atoms with Crippen LogP contribution < -0.4 is 0 Å². The van der Waals surface area contributed by atoms with Crippen LogP contribution in [0.2, 0.25) is 0 Å². The van der Waals surface area contributed by atoms with Crippen LogP contribution in [-0.2, 0) is 12.8 Å². The summed E-state index contributed by atoms with van der Waals surface area (Å²) in [6.45, 7) is 7.33. The first-order valence-corrected chi connectivity index (χ1v) is 8.18. The van der Waals surface area contributed by atoms with Gasteiger partial charge in [-0.2, -0.15) is 0 Å². The lowest BCUT2D eigenvalue weighted by Gasteiger charge is -2.16. The van der Waals surface area contributed by atoms with Gasteiger partial charge in [0.2, 0.25) is 0 Å². The monoisotopic (exact) mass is 314 g/mol. The van der Waals surface area contributed by atoms with Crippen LogP contribution in [0.5, 0.6) is 0 Å². The highest BCUT2D eigenvalue weighted by atomic mass is 16.3. The van der Waals surface area contributed by atoms with Gasteiger partial charge in [-0.15, -0.1) is 0 Å². The third-order valence-electron chi connectivity index (χ3n) is 3.35. The predicted octanol–water partition coefficient (Wildman–Crippen LogP) is 4.39. The van der Waals surface area contributed by atoms with Crippen LogP contribution in [0, 0.1) is 0 Å². The summed E-state index contributed by atoms with van der Waals surface area (Å²) in [5.74, 6) is 0. The van der Waals surface area contributed by atoms with Crippen molar-refractivity contribution in [1.82, 2.24) is 0 Å². The summed E-state index contributed by atoms with van der Waals surface area (Å²) in [4.78, 5) is 0. The van der Waals surface area contributed by atoms with Gasteiger partial charge in [0.05, 0.1) is 11.2 Å². The highest BCUT2D eigenvalue weighted by Crippen LogP contribution is 2.12. The van der Waals surface area contributed by atoms with E-state index in [1.807, 2.05) is 76.2 Å². The van der Waals surface area contributed by atoms with Gasteiger partial charge in [0.1, 0.15) is 0 Å². The number of hydrogen-bond acceptors (Lipinski definition) is 2. The average molecular weight is 314 g/mol. The molecular weight excluding hydrogens is 284 g/mol. The summed E-state index contributed by atoms with van der Waals surface area (Å²) in [5, 5.41) is 19.0. The minimum Gasteiger partial charge on any atom is -0.390 e. The molecule has 0 atom stereocenters. The van der Waals surface area contributed by atoms with E-state index in [-0.39, 0.29) is 0 Å². The molecule has 0 saturated carbocycles. The lowest BCUT2D eigenvalue weighted by Crippen LogP contribution is -2.21. The molecule has 2 N–H and O–H groups in total. The van der Waals surface area contributed by atoms with Crippen LogP contribution in [0.4, 0.5) is 0 Å². The molecule has 0 aromatic heterocycles. The van der Waals surface area contributed by atoms with Gasteiger partial charge >= 0.3 is 0 Å². The second kappa shape index (κ2) is 8.85. The SMILES string of the molecule is CC(C)(O)CCc1ccccc1.CC(C)(O)Cc1ccccc1. The second-order valence-electron chi connectivity index (χ2n) is 7.27. The molecule has 0 fully saturated rings. The van der Waals surface area contributed by atoms with Crippen molar-refractivity contribution in [2.45, 2.75) is 58.2 Å². The number of rotatable bonds is 5. The van der Waals surface area contributed by atoms with Gasteiger partial charge in [-0.25, -0.2) is 0 Å². The molecule has 2 nitrogen and oxygen atoms in total. The van der Waals surface area contributed by atoms with Gasteiger partial charge in [-0.05, 0) is 51.7 Å². The van der Waals surface area contributed by atoms with Gasteiger partial charge in [-0.1, -0.05) is 60.7 Å². The Morgan fingerprint density at radius 3 is 1.48 bits per heavy atom. The molecule has 0 bridgehead atoms. The lowest BCUT2D eigenvalue weighted by atomic mass is 9.99. The lowest BCUT2D eigenvalue weighted by molar-refractivity contribution is 0.0713. The van der Waals surface area contributed by atoms with Crippen LogP contribution in [0.15, 0.2) is 60.7 Å². The predicted molar refractivity (Wildman–Crippen MR) is 97.5 cm³/mol. The fourth-order valence-electron chi connectivity index (χ4n) is 2.19. The van der Waals surface area contributed by atoms with Gasteiger partial charge in [0.25, 0.3) is 0 Å². The molecule has 23 heavy (non-hydrogen) atoms. The molecule has 0 spiro atoms. The molecule has 0 amide bonds. The van der Waals surface area contributed by atoms with Crippen LogP contribution in [0.1, 0.15) is 45.2 Å². The highest BCUT2D eigenvalue weighted by molar-refractivity contribution is 5.16. The van der Waals surface area contributed by atoms with Crippen molar-refractivity contribution in [1.29, 1.82) is 0 Å². The summed E-state index contributed by atoms with van der Waals surface area (Å²) in [5.41, 5.74) is 1.33. The number of benzene rings is 2. The third-order valence-corrected chi connectivity index (χ3v) is 3.35. The van der Waals surface area contributed by atoms with Crippen LogP contribution in [-0.4, -0.2) is 21.4 Å². The number of aryl methyl sites for hydroxylation is 1. The van der Waals surface area contributed by atoms with Crippen molar-refractivity contribution in [2.24, 2.45) is 0 Å². The van der Waals surface area contributed by atoms with Crippen molar-refractivity contribution in [2.75, 3.05) is 0 Å². The van der Waals surface area contributed by atoms with Crippen molar-refractivity contribution in [3.63, 3.8) is 0 Å². The Balaban J connectivity index is 0.000000231. The number of aliphatic hydroxyl groups is 2. The highest BCUT2D eigenvalue weighted by Gasteiger charge is 2.12. The topological polar surface area (TPSA) is 40.5 Å². The van der Waals surface area contributed by atoms with E-state index >= 15 is 0 Å². The second-order valence-corrected chi connectivity index (χ2v) is 7.27. The summed E-state index contributed by atoms with van der Waals surface area (Å²) >= 11 is 0. The molecule has 2 heteroatoms. The van der Waals surface area contributed by atoms with Crippen LogP contribution in [0.25, 0.3) is 0 Å². The minimum absolute atomic E-state index is 0.546. The third kappa shape index (κ3) is 10.7. The molecular formula is C21H30O2. The molecule has 0 radical (unpaired) electrons. The van der Waals surface area contributed by atoms with Crippen molar-refractivity contribution in [3.05, 3.63) is 71.8 Å². The van der Waals surface area contributed by atoms with E-state index in [1.165, 1.54) is 11.1 Å². The van der Waals surface area contributed by atoms with E-state index in [1.54, 1.807) is 0 Å². The molecule has 0 aliphatic heterocycles. The summed E-state index contributed by atoms with van der Waals surface area (Å²) < 4.78 is 0. The van der Waals surface area contributed by atoms with Crippen molar-refractivity contribution in [3.8, 4) is 0 Å². The first kappa shape index (κ1) is 19.4. The summed E-state index contributed by atoms with van der Waals surface area (Å²) in [6, 6.07) is 20.2. The number of hydrogen-bond donors (Lipinski definition) is 2. The normalized spacial score (nSPS) is 11.6. The maximum absolute atomic E-state index is 9.48. The zero-order valence-corrected chi connectivity index (χ0v) is 14.8. The van der Waals surface area contributed by atoms with Crippen LogP contribution >= 0.6 is 0 Å². The van der Waals surface area contributed by atoms with Crippen molar-refractivity contribution < 1.29 is 10.2 Å². The van der Waals surface area contributed by atoms with Crippen molar-refractivity contribution >= 4 is 0 Å². The molecule has 0 unspecified atom stereocenters. The average Bonchev–Trinajstić information content (AvgIpc) is 2.46. The molecule has 0 saturated heterocycles. The van der Waals surface area contributed by atoms with E-state index in [0.29, 0.717) is 6.42 Å². The summed E-state index contributed by atoms with van der Waals surface area (Å²) in [7, 11) is 0. The van der Waals surface area contributed by atoms with Gasteiger partial charge in [0.15, 0.2) is 0 Å². The zero-order chi connectivity index (χ0) is 17.3. The Morgan fingerprint density at radius 1 is 0.652 bits per heavy atom. The minimum atomic E-state index is -0.596. The quantitative estimate of drug-likeness (QED) is 0.859. The molecule has 0 aliphatic rings. The Bertz CT molecular complexity index is 534. The molecule has 2 rings (SSSR count). The first-order valence-electron chi connectivity index (χ1n) is 8.18.